The van der Waals surface area contributed by atoms with Crippen LogP contribution in [0, 0.1) is 5.92 Å². The highest BCUT2D eigenvalue weighted by atomic mass is 35.5. The summed E-state index contributed by atoms with van der Waals surface area (Å²) in [6.45, 7) is 2.25. The van der Waals surface area contributed by atoms with Crippen LogP contribution in [0.15, 0.2) is 22.7 Å². The van der Waals surface area contributed by atoms with Crippen LogP contribution in [0.2, 0.25) is 5.02 Å². The van der Waals surface area contributed by atoms with Crippen LogP contribution in [0.1, 0.15) is 50.8 Å². The molecule has 3 rings (SSSR count). The van der Waals surface area contributed by atoms with Crippen molar-refractivity contribution in [1.29, 1.82) is 0 Å². The third-order valence-electron chi connectivity index (χ3n) is 4.41. The molecule has 2 atom stereocenters. The van der Waals surface area contributed by atoms with E-state index in [4.69, 9.17) is 21.9 Å². The fraction of sp³-hybridized carbons (Fsp3) is 0.500. The van der Waals surface area contributed by atoms with Gasteiger partial charge in [0.15, 0.2) is 5.82 Å². The summed E-state index contributed by atoms with van der Waals surface area (Å²) in [6, 6.07) is 5.31. The molecular formula is C16H20ClN3O. The number of nitrogen functional groups attached to an aromatic ring is 1. The number of nitrogens with zero attached hydrogens (tertiary/aromatic N) is 2. The van der Waals surface area contributed by atoms with E-state index < -0.39 is 0 Å². The molecule has 1 heterocycles. The minimum Gasteiger partial charge on any atom is -0.398 e. The van der Waals surface area contributed by atoms with Gasteiger partial charge in [0, 0.05) is 16.6 Å². The average molecular weight is 306 g/mol. The van der Waals surface area contributed by atoms with E-state index in [9.17, 15) is 0 Å². The first-order chi connectivity index (χ1) is 10.2. The summed E-state index contributed by atoms with van der Waals surface area (Å²) in [5, 5.41) is 4.78. The van der Waals surface area contributed by atoms with E-state index in [1.54, 1.807) is 12.1 Å². The number of anilines is 1. The fourth-order valence-corrected chi connectivity index (χ4v) is 3.32. The molecule has 0 radical (unpaired) electrons. The van der Waals surface area contributed by atoms with E-state index in [0.29, 0.717) is 22.5 Å². The number of benzene rings is 1. The van der Waals surface area contributed by atoms with Gasteiger partial charge in [0.25, 0.3) is 5.89 Å². The Morgan fingerprint density at radius 3 is 3.00 bits per heavy atom. The van der Waals surface area contributed by atoms with Gasteiger partial charge in [-0.25, -0.2) is 0 Å². The van der Waals surface area contributed by atoms with Gasteiger partial charge in [-0.15, -0.1) is 0 Å². The quantitative estimate of drug-likeness (QED) is 0.838. The van der Waals surface area contributed by atoms with Crippen molar-refractivity contribution < 1.29 is 4.52 Å². The Labute approximate surface area is 129 Å². The van der Waals surface area contributed by atoms with Gasteiger partial charge in [0.2, 0.25) is 0 Å². The molecule has 1 aromatic heterocycles. The lowest BCUT2D eigenvalue weighted by molar-refractivity contribution is 0.300. The predicted octanol–water partition coefficient (Wildman–Crippen LogP) is 4.66. The summed E-state index contributed by atoms with van der Waals surface area (Å²) in [4.78, 5) is 4.56. The van der Waals surface area contributed by atoms with Crippen LogP contribution >= 0.6 is 11.6 Å². The first-order valence-electron chi connectivity index (χ1n) is 7.56. The molecule has 0 amide bonds. The lowest BCUT2D eigenvalue weighted by Gasteiger charge is -2.26. The molecule has 4 nitrogen and oxygen atoms in total. The summed E-state index contributed by atoms with van der Waals surface area (Å²) in [5.41, 5.74) is 7.29. The van der Waals surface area contributed by atoms with Crippen LogP contribution in [-0.2, 0) is 0 Å². The van der Waals surface area contributed by atoms with Crippen LogP contribution in [0.25, 0.3) is 11.5 Å². The minimum absolute atomic E-state index is 0.412. The van der Waals surface area contributed by atoms with Crippen LogP contribution in [0.5, 0.6) is 0 Å². The van der Waals surface area contributed by atoms with Gasteiger partial charge in [0.1, 0.15) is 0 Å². The zero-order valence-corrected chi connectivity index (χ0v) is 12.9. The first-order valence-corrected chi connectivity index (χ1v) is 7.94. The molecule has 1 aromatic carbocycles. The third kappa shape index (κ3) is 3.05. The molecule has 2 N–H and O–H groups in total. The number of nitrogens with two attached hydrogens (primary N) is 1. The highest BCUT2D eigenvalue weighted by Crippen LogP contribution is 2.37. The molecule has 5 heteroatoms. The first kappa shape index (κ1) is 14.4. The minimum atomic E-state index is 0.412. The van der Waals surface area contributed by atoms with Gasteiger partial charge < -0.3 is 10.3 Å². The molecule has 2 unspecified atom stereocenters. The van der Waals surface area contributed by atoms with Crippen LogP contribution in [0.3, 0.4) is 0 Å². The van der Waals surface area contributed by atoms with Crippen molar-refractivity contribution >= 4 is 17.3 Å². The predicted molar refractivity (Wildman–Crippen MR) is 84.1 cm³/mol. The molecule has 1 aliphatic rings. The Bertz CT molecular complexity index is 626. The van der Waals surface area contributed by atoms with Gasteiger partial charge >= 0.3 is 0 Å². The number of halogens is 1. The second kappa shape index (κ2) is 6.06. The summed E-state index contributed by atoms with van der Waals surface area (Å²) in [5.74, 6) is 2.50. The van der Waals surface area contributed by atoms with E-state index >= 15 is 0 Å². The molecule has 0 spiro atoms. The van der Waals surface area contributed by atoms with Gasteiger partial charge in [-0.05, 0) is 37.0 Å². The van der Waals surface area contributed by atoms with Gasteiger partial charge in [-0.3, -0.25) is 0 Å². The summed E-state index contributed by atoms with van der Waals surface area (Å²) < 4.78 is 5.41. The van der Waals surface area contributed by atoms with E-state index in [2.05, 4.69) is 17.1 Å². The van der Waals surface area contributed by atoms with Crippen molar-refractivity contribution in [2.75, 3.05) is 5.73 Å². The molecule has 112 valence electrons. The number of hydrogen-bond acceptors (Lipinski definition) is 4. The fourth-order valence-electron chi connectivity index (χ4n) is 3.13. The maximum atomic E-state index is 5.97. The molecule has 21 heavy (non-hydrogen) atoms. The molecule has 0 saturated heterocycles. The van der Waals surface area contributed by atoms with Gasteiger partial charge in [0.05, 0.1) is 5.56 Å². The number of hydrogen-bond donors (Lipinski definition) is 1. The van der Waals surface area contributed by atoms with Crippen molar-refractivity contribution in [2.45, 2.75) is 44.9 Å². The second-order valence-electron chi connectivity index (χ2n) is 5.83. The van der Waals surface area contributed by atoms with Crippen molar-refractivity contribution in [1.82, 2.24) is 10.1 Å². The molecule has 0 aliphatic heterocycles. The van der Waals surface area contributed by atoms with E-state index in [-0.39, 0.29) is 0 Å². The topological polar surface area (TPSA) is 64.9 Å². The Kier molecular flexibility index (Phi) is 4.15. The van der Waals surface area contributed by atoms with Crippen molar-refractivity contribution in [3.05, 3.63) is 29.0 Å². The van der Waals surface area contributed by atoms with Crippen molar-refractivity contribution in [3.8, 4) is 11.5 Å². The molecule has 1 fully saturated rings. The SMILES string of the molecule is CCC1CCCC(c2noc(-c3ccc(Cl)cc3N)n2)C1. The van der Waals surface area contributed by atoms with Crippen LogP contribution < -0.4 is 5.73 Å². The van der Waals surface area contributed by atoms with Crippen LogP contribution in [-0.4, -0.2) is 10.1 Å². The largest absolute Gasteiger partial charge is 0.398 e. The summed E-state index contributed by atoms with van der Waals surface area (Å²) in [6.07, 6.45) is 6.10. The molecule has 1 saturated carbocycles. The maximum Gasteiger partial charge on any atom is 0.260 e. The van der Waals surface area contributed by atoms with Gasteiger partial charge in [-0.1, -0.05) is 42.9 Å². The lowest BCUT2D eigenvalue weighted by Crippen LogP contribution is -2.14. The molecular weight excluding hydrogens is 286 g/mol. The van der Waals surface area contributed by atoms with Crippen molar-refractivity contribution in [2.24, 2.45) is 5.92 Å². The van der Waals surface area contributed by atoms with Crippen LogP contribution in [0.4, 0.5) is 5.69 Å². The zero-order chi connectivity index (χ0) is 14.8. The summed E-state index contributed by atoms with van der Waals surface area (Å²) >= 11 is 5.92. The van der Waals surface area contributed by atoms with Gasteiger partial charge in [-0.2, -0.15) is 4.98 Å². The van der Waals surface area contributed by atoms with E-state index in [1.807, 2.05) is 6.07 Å². The molecule has 2 aromatic rings. The molecule has 0 bridgehead atoms. The van der Waals surface area contributed by atoms with E-state index in [0.717, 1.165) is 30.1 Å². The third-order valence-corrected chi connectivity index (χ3v) is 4.65. The Morgan fingerprint density at radius 1 is 1.38 bits per heavy atom. The van der Waals surface area contributed by atoms with Crippen molar-refractivity contribution in [3.63, 3.8) is 0 Å². The average Bonchev–Trinajstić information content (AvgIpc) is 2.97. The normalized spacial score (nSPS) is 22.4. The highest BCUT2D eigenvalue weighted by Gasteiger charge is 2.26. The lowest BCUT2D eigenvalue weighted by atomic mass is 9.80. The van der Waals surface area contributed by atoms with E-state index in [1.165, 1.54) is 19.3 Å². The Hall–Kier alpha value is -1.55. The zero-order valence-electron chi connectivity index (χ0n) is 12.2. The smallest absolute Gasteiger partial charge is 0.260 e. The summed E-state index contributed by atoms with van der Waals surface area (Å²) in [7, 11) is 0. The number of aromatic nitrogens is 2. The maximum absolute atomic E-state index is 5.97. The Balaban J connectivity index is 1.83. The Morgan fingerprint density at radius 2 is 2.24 bits per heavy atom. The highest BCUT2D eigenvalue weighted by molar-refractivity contribution is 6.31. The monoisotopic (exact) mass is 305 g/mol. The standard InChI is InChI=1S/C16H20ClN3O/c1-2-10-4-3-5-11(8-10)15-19-16(21-20-15)13-7-6-12(17)9-14(13)18/h6-7,9-11H,2-5,8,18H2,1H3. The molecule has 1 aliphatic carbocycles. The second-order valence-corrected chi connectivity index (χ2v) is 6.26. The number of rotatable bonds is 3.